The summed E-state index contributed by atoms with van der Waals surface area (Å²) in [4.78, 5) is 4.93. The van der Waals surface area contributed by atoms with Crippen molar-refractivity contribution in [3.63, 3.8) is 0 Å². The van der Waals surface area contributed by atoms with E-state index in [1.165, 1.54) is 0 Å². The summed E-state index contributed by atoms with van der Waals surface area (Å²) in [5, 5.41) is 0. The third-order valence-electron chi connectivity index (χ3n) is 4.92. The summed E-state index contributed by atoms with van der Waals surface area (Å²) in [7, 11) is 0. The first kappa shape index (κ1) is 17.3. The SMILES string of the molecule is c1ccc(COc2cccc(-c3nc4ccccc4n3-c3ccccc3)c2)cc1. The minimum atomic E-state index is 0.541. The van der Waals surface area contributed by atoms with Crippen LogP contribution in [0.2, 0.25) is 0 Å². The molecule has 29 heavy (non-hydrogen) atoms. The Hall–Kier alpha value is -3.85. The molecule has 3 heteroatoms. The van der Waals surface area contributed by atoms with Gasteiger partial charge in [0.15, 0.2) is 0 Å². The maximum Gasteiger partial charge on any atom is 0.145 e. The number of para-hydroxylation sites is 3. The molecule has 0 aliphatic heterocycles. The van der Waals surface area contributed by atoms with E-state index in [0.717, 1.165) is 39.4 Å². The summed E-state index contributed by atoms with van der Waals surface area (Å²) in [6, 6.07) is 36.9. The van der Waals surface area contributed by atoms with Gasteiger partial charge in [-0.15, -0.1) is 0 Å². The molecule has 140 valence electrons. The molecule has 1 aromatic heterocycles. The van der Waals surface area contributed by atoms with Crippen LogP contribution in [-0.2, 0) is 6.61 Å². The molecule has 0 unspecified atom stereocenters. The van der Waals surface area contributed by atoms with Gasteiger partial charge in [0.1, 0.15) is 18.2 Å². The van der Waals surface area contributed by atoms with Gasteiger partial charge < -0.3 is 4.74 Å². The molecule has 4 aromatic carbocycles. The number of benzene rings is 4. The van der Waals surface area contributed by atoms with Crippen LogP contribution >= 0.6 is 0 Å². The van der Waals surface area contributed by atoms with Crippen molar-refractivity contribution in [2.24, 2.45) is 0 Å². The Balaban J connectivity index is 1.56. The van der Waals surface area contributed by atoms with Crippen molar-refractivity contribution in [2.75, 3.05) is 0 Å². The van der Waals surface area contributed by atoms with Gasteiger partial charge in [0.25, 0.3) is 0 Å². The number of hydrogen-bond acceptors (Lipinski definition) is 2. The van der Waals surface area contributed by atoms with Crippen LogP contribution in [-0.4, -0.2) is 9.55 Å². The van der Waals surface area contributed by atoms with Gasteiger partial charge in [0.2, 0.25) is 0 Å². The molecule has 1 heterocycles. The highest BCUT2D eigenvalue weighted by Gasteiger charge is 2.14. The molecule has 0 fully saturated rings. The fraction of sp³-hybridized carbons (Fsp3) is 0.0385. The first-order valence-corrected chi connectivity index (χ1v) is 9.68. The summed E-state index contributed by atoms with van der Waals surface area (Å²) in [6.07, 6.45) is 0. The fourth-order valence-corrected chi connectivity index (χ4v) is 3.52. The largest absolute Gasteiger partial charge is 0.489 e. The second kappa shape index (κ2) is 7.64. The number of nitrogens with zero attached hydrogens (tertiary/aromatic N) is 2. The van der Waals surface area contributed by atoms with Crippen LogP contribution in [0.3, 0.4) is 0 Å². The van der Waals surface area contributed by atoms with Crippen molar-refractivity contribution in [3.05, 3.63) is 115 Å². The van der Waals surface area contributed by atoms with Gasteiger partial charge in [-0.3, -0.25) is 4.57 Å². The van der Waals surface area contributed by atoms with E-state index in [-0.39, 0.29) is 0 Å². The summed E-state index contributed by atoms with van der Waals surface area (Å²) < 4.78 is 8.24. The van der Waals surface area contributed by atoms with Crippen LogP contribution in [0.4, 0.5) is 0 Å². The number of aromatic nitrogens is 2. The van der Waals surface area contributed by atoms with Gasteiger partial charge in [-0.05, 0) is 42.0 Å². The first-order chi connectivity index (χ1) is 14.4. The van der Waals surface area contributed by atoms with Crippen LogP contribution in [0.15, 0.2) is 109 Å². The number of fused-ring (bicyclic) bond motifs is 1. The van der Waals surface area contributed by atoms with E-state index in [9.17, 15) is 0 Å². The smallest absolute Gasteiger partial charge is 0.145 e. The zero-order chi connectivity index (χ0) is 19.5. The molecule has 0 amide bonds. The maximum absolute atomic E-state index is 6.04. The van der Waals surface area contributed by atoms with Gasteiger partial charge in [-0.2, -0.15) is 0 Å². The normalized spacial score (nSPS) is 10.9. The lowest BCUT2D eigenvalue weighted by Gasteiger charge is -2.11. The van der Waals surface area contributed by atoms with Crippen LogP contribution < -0.4 is 4.74 Å². The summed E-state index contributed by atoms with van der Waals surface area (Å²) in [6.45, 7) is 0.541. The van der Waals surface area contributed by atoms with Crippen molar-refractivity contribution in [2.45, 2.75) is 6.61 Å². The monoisotopic (exact) mass is 376 g/mol. The zero-order valence-electron chi connectivity index (χ0n) is 15.9. The number of hydrogen-bond donors (Lipinski definition) is 0. The van der Waals surface area contributed by atoms with Crippen LogP contribution in [0.5, 0.6) is 5.75 Å². The Morgan fingerprint density at radius 1 is 0.690 bits per heavy atom. The molecule has 0 saturated heterocycles. The van der Waals surface area contributed by atoms with Gasteiger partial charge in [0.05, 0.1) is 11.0 Å². The van der Waals surface area contributed by atoms with E-state index >= 15 is 0 Å². The Morgan fingerprint density at radius 3 is 2.24 bits per heavy atom. The second-order valence-corrected chi connectivity index (χ2v) is 6.90. The van der Waals surface area contributed by atoms with Crippen molar-refractivity contribution in [1.29, 1.82) is 0 Å². The molecule has 5 rings (SSSR count). The second-order valence-electron chi connectivity index (χ2n) is 6.90. The summed E-state index contributed by atoms with van der Waals surface area (Å²) >= 11 is 0. The van der Waals surface area contributed by atoms with Crippen molar-refractivity contribution < 1.29 is 4.74 Å². The van der Waals surface area contributed by atoms with Crippen molar-refractivity contribution >= 4 is 11.0 Å². The highest BCUT2D eigenvalue weighted by Crippen LogP contribution is 2.30. The topological polar surface area (TPSA) is 27.1 Å². The Morgan fingerprint density at radius 2 is 1.41 bits per heavy atom. The molecule has 0 saturated carbocycles. The first-order valence-electron chi connectivity index (χ1n) is 9.68. The van der Waals surface area contributed by atoms with Gasteiger partial charge >= 0.3 is 0 Å². The predicted octanol–water partition coefficient (Wildman–Crippen LogP) is 6.27. The average Bonchev–Trinajstić information content (AvgIpc) is 3.19. The fourth-order valence-electron chi connectivity index (χ4n) is 3.52. The number of imidazole rings is 1. The molecule has 0 N–H and O–H groups in total. The predicted molar refractivity (Wildman–Crippen MR) is 117 cm³/mol. The quantitative estimate of drug-likeness (QED) is 0.361. The zero-order valence-corrected chi connectivity index (χ0v) is 15.9. The molecular formula is C26H20N2O. The van der Waals surface area contributed by atoms with E-state index in [0.29, 0.717) is 6.61 Å². The molecule has 0 aliphatic carbocycles. The van der Waals surface area contributed by atoms with E-state index < -0.39 is 0 Å². The number of ether oxygens (including phenoxy) is 1. The molecule has 3 nitrogen and oxygen atoms in total. The van der Waals surface area contributed by atoms with Crippen LogP contribution in [0, 0.1) is 0 Å². The molecule has 0 atom stereocenters. The van der Waals surface area contributed by atoms with Gasteiger partial charge in [-0.1, -0.05) is 72.8 Å². The third-order valence-corrected chi connectivity index (χ3v) is 4.92. The lowest BCUT2D eigenvalue weighted by molar-refractivity contribution is 0.306. The highest BCUT2D eigenvalue weighted by molar-refractivity contribution is 5.83. The lowest BCUT2D eigenvalue weighted by Crippen LogP contribution is -1.98. The minimum Gasteiger partial charge on any atom is -0.489 e. The molecule has 0 radical (unpaired) electrons. The molecule has 0 bridgehead atoms. The van der Waals surface area contributed by atoms with Crippen LogP contribution in [0.1, 0.15) is 5.56 Å². The van der Waals surface area contributed by atoms with E-state index in [1.54, 1.807) is 0 Å². The van der Waals surface area contributed by atoms with Gasteiger partial charge in [-0.25, -0.2) is 4.98 Å². The van der Waals surface area contributed by atoms with Gasteiger partial charge in [0, 0.05) is 11.3 Å². The third kappa shape index (κ3) is 3.50. The summed E-state index contributed by atoms with van der Waals surface area (Å²) in [5.41, 5.74) is 5.32. The molecule has 0 aliphatic rings. The summed E-state index contributed by atoms with van der Waals surface area (Å²) in [5.74, 6) is 1.74. The maximum atomic E-state index is 6.04. The Labute approximate surface area is 169 Å². The molecule has 5 aromatic rings. The minimum absolute atomic E-state index is 0.541. The Kier molecular flexibility index (Phi) is 4.55. The van der Waals surface area contributed by atoms with E-state index in [1.807, 2.05) is 66.7 Å². The van der Waals surface area contributed by atoms with Crippen molar-refractivity contribution in [3.8, 4) is 22.8 Å². The molecule has 0 spiro atoms. The van der Waals surface area contributed by atoms with Crippen LogP contribution in [0.25, 0.3) is 28.1 Å². The van der Waals surface area contributed by atoms with Crippen molar-refractivity contribution in [1.82, 2.24) is 9.55 Å². The standard InChI is InChI=1S/C26H20N2O/c1-3-10-20(11-4-1)19-29-23-15-9-12-21(18-23)26-27-24-16-7-8-17-25(24)28(26)22-13-5-2-6-14-22/h1-18H,19H2. The lowest BCUT2D eigenvalue weighted by atomic mass is 10.2. The average molecular weight is 376 g/mol. The Bertz CT molecular complexity index is 1240. The number of rotatable bonds is 5. The molecular weight excluding hydrogens is 356 g/mol. The van der Waals surface area contributed by atoms with E-state index in [4.69, 9.17) is 9.72 Å². The van der Waals surface area contributed by atoms with E-state index in [2.05, 4.69) is 47.0 Å². The highest BCUT2D eigenvalue weighted by atomic mass is 16.5.